The van der Waals surface area contributed by atoms with Crippen LogP contribution < -0.4 is 4.90 Å². The Hall–Kier alpha value is -1.60. The number of ketones is 1. The average molecular weight is 565 g/mol. The fourth-order valence-corrected chi connectivity index (χ4v) is 4.31. The molecule has 1 saturated heterocycles. The van der Waals surface area contributed by atoms with Gasteiger partial charge in [0.25, 0.3) is 0 Å². The highest BCUT2D eigenvalue weighted by Crippen LogP contribution is 2.31. The standard InChI is InChI=1S/C23H27FN2O5S.3H2S/c1-5-30-22(29)20-19(31-20)18(27)11-15(10-13(2)3)21(28)26(4)23-25-17(12-32-23)14-6-8-16(24)9-7-14;;;/h6-9,12-13,15,19-20H,5,10-11H2,1-4H3;3*1H2/t15-,19-,20+;;;/m1.../s1. The van der Waals surface area contributed by atoms with E-state index in [-0.39, 0.29) is 76.9 Å². The molecular weight excluding hydrogens is 532 g/mol. The first-order valence-electron chi connectivity index (χ1n) is 10.5. The fraction of sp³-hybridized carbons (Fsp3) is 0.478. The van der Waals surface area contributed by atoms with Gasteiger partial charge in [-0.2, -0.15) is 40.5 Å². The Morgan fingerprint density at radius 3 is 2.34 bits per heavy atom. The van der Waals surface area contributed by atoms with Crippen LogP contribution in [0, 0.1) is 17.7 Å². The summed E-state index contributed by atoms with van der Waals surface area (Å²) in [6.45, 7) is 5.86. The van der Waals surface area contributed by atoms with Crippen LogP contribution >= 0.6 is 51.8 Å². The predicted molar refractivity (Wildman–Crippen MR) is 150 cm³/mol. The molecule has 1 fully saturated rings. The minimum Gasteiger partial charge on any atom is -0.464 e. The lowest BCUT2D eigenvalue weighted by Gasteiger charge is -2.22. The quantitative estimate of drug-likeness (QED) is 0.317. The van der Waals surface area contributed by atoms with Gasteiger partial charge in [0.2, 0.25) is 5.91 Å². The van der Waals surface area contributed by atoms with E-state index in [0.717, 1.165) is 5.56 Å². The summed E-state index contributed by atoms with van der Waals surface area (Å²) in [6, 6.07) is 5.98. The first-order chi connectivity index (χ1) is 15.2. The first kappa shape index (κ1) is 33.4. The fourth-order valence-electron chi connectivity index (χ4n) is 3.50. The molecule has 0 radical (unpaired) electrons. The summed E-state index contributed by atoms with van der Waals surface area (Å²) in [4.78, 5) is 43.6. The van der Waals surface area contributed by atoms with Crippen LogP contribution in [0.15, 0.2) is 29.6 Å². The van der Waals surface area contributed by atoms with E-state index in [1.165, 1.54) is 28.4 Å². The molecule has 2 heterocycles. The number of benzene rings is 1. The van der Waals surface area contributed by atoms with Crippen molar-refractivity contribution >= 4 is 74.6 Å². The van der Waals surface area contributed by atoms with Gasteiger partial charge in [0.1, 0.15) is 5.82 Å². The van der Waals surface area contributed by atoms with Crippen LogP contribution in [0.4, 0.5) is 9.52 Å². The number of nitrogens with zero attached hydrogens (tertiary/aromatic N) is 2. The monoisotopic (exact) mass is 564 g/mol. The smallest absolute Gasteiger partial charge is 0.338 e. The van der Waals surface area contributed by atoms with Gasteiger partial charge >= 0.3 is 5.97 Å². The van der Waals surface area contributed by atoms with Crippen LogP contribution in [0.2, 0.25) is 0 Å². The summed E-state index contributed by atoms with van der Waals surface area (Å²) in [6.07, 6.45) is -1.21. The molecule has 0 bridgehead atoms. The van der Waals surface area contributed by atoms with E-state index in [2.05, 4.69) is 4.98 Å². The summed E-state index contributed by atoms with van der Waals surface area (Å²) < 4.78 is 23.3. The Bertz CT molecular complexity index is 987. The number of amides is 1. The van der Waals surface area contributed by atoms with Crippen molar-refractivity contribution in [3.05, 3.63) is 35.5 Å². The molecule has 35 heavy (non-hydrogen) atoms. The van der Waals surface area contributed by atoms with E-state index in [0.29, 0.717) is 17.2 Å². The largest absolute Gasteiger partial charge is 0.464 e. The molecule has 1 aromatic heterocycles. The molecule has 0 unspecified atom stereocenters. The van der Waals surface area contributed by atoms with Crippen molar-refractivity contribution in [1.29, 1.82) is 0 Å². The number of carbonyl (C=O) groups is 3. The number of thiazole rings is 1. The third-order valence-corrected chi connectivity index (χ3v) is 6.05. The summed E-state index contributed by atoms with van der Waals surface area (Å²) in [5.74, 6) is -1.75. The van der Waals surface area contributed by atoms with Crippen molar-refractivity contribution in [3.63, 3.8) is 0 Å². The lowest BCUT2D eigenvalue weighted by molar-refractivity contribution is -0.144. The molecule has 1 aromatic carbocycles. The minimum atomic E-state index is -0.868. The number of esters is 1. The van der Waals surface area contributed by atoms with E-state index in [9.17, 15) is 18.8 Å². The van der Waals surface area contributed by atoms with Gasteiger partial charge < -0.3 is 9.47 Å². The lowest BCUT2D eigenvalue weighted by Crippen LogP contribution is -2.35. The van der Waals surface area contributed by atoms with Crippen LogP contribution in [-0.2, 0) is 23.9 Å². The summed E-state index contributed by atoms with van der Waals surface area (Å²) in [5.41, 5.74) is 1.39. The van der Waals surface area contributed by atoms with Crippen molar-refractivity contribution in [2.75, 3.05) is 18.6 Å². The Kier molecular flexibility index (Phi) is 14.2. The topological polar surface area (TPSA) is 89.1 Å². The van der Waals surface area contributed by atoms with E-state index in [1.807, 2.05) is 13.8 Å². The first-order valence-corrected chi connectivity index (χ1v) is 11.4. The molecule has 1 aliphatic rings. The third-order valence-electron chi connectivity index (χ3n) is 5.13. The van der Waals surface area contributed by atoms with Crippen LogP contribution in [0.1, 0.15) is 33.6 Å². The highest BCUT2D eigenvalue weighted by molar-refractivity contribution is 7.59. The molecular formula is C23H33FN2O5S4. The Balaban J connectivity index is 0.00000385. The van der Waals surface area contributed by atoms with Gasteiger partial charge in [-0.05, 0) is 43.5 Å². The normalized spacial score (nSPS) is 16.7. The van der Waals surface area contributed by atoms with Crippen LogP contribution in [-0.4, -0.2) is 48.5 Å². The maximum absolute atomic E-state index is 13.2. The van der Waals surface area contributed by atoms with Gasteiger partial charge in [-0.25, -0.2) is 14.2 Å². The molecule has 7 nitrogen and oxygen atoms in total. The zero-order valence-electron chi connectivity index (χ0n) is 20.0. The minimum absolute atomic E-state index is 0. The molecule has 196 valence electrons. The Morgan fingerprint density at radius 1 is 1.14 bits per heavy atom. The van der Waals surface area contributed by atoms with Crippen molar-refractivity contribution < 1.29 is 28.2 Å². The second kappa shape index (κ2) is 14.8. The molecule has 3 rings (SSSR count). The second-order valence-electron chi connectivity index (χ2n) is 8.15. The van der Waals surface area contributed by atoms with Gasteiger partial charge in [0.05, 0.1) is 12.3 Å². The second-order valence-corrected chi connectivity index (χ2v) is 8.98. The highest BCUT2D eigenvalue weighted by Gasteiger charge is 2.51. The van der Waals surface area contributed by atoms with Crippen molar-refractivity contribution in [1.82, 2.24) is 4.98 Å². The number of aromatic nitrogens is 1. The molecule has 0 aliphatic carbocycles. The maximum Gasteiger partial charge on any atom is 0.338 e. The van der Waals surface area contributed by atoms with Crippen molar-refractivity contribution in [2.24, 2.45) is 11.8 Å². The van der Waals surface area contributed by atoms with Crippen molar-refractivity contribution in [2.45, 2.75) is 45.8 Å². The number of halogens is 1. The molecule has 12 heteroatoms. The van der Waals surface area contributed by atoms with Gasteiger partial charge in [-0.1, -0.05) is 13.8 Å². The van der Waals surface area contributed by atoms with Gasteiger partial charge in [0, 0.05) is 30.3 Å². The molecule has 3 atom stereocenters. The molecule has 0 N–H and O–H groups in total. The number of Topliss-reactive ketones (excluding diaryl/α,β-unsaturated/α-hetero) is 1. The summed E-state index contributed by atoms with van der Waals surface area (Å²) in [5, 5.41) is 2.29. The van der Waals surface area contributed by atoms with E-state index in [1.54, 1.807) is 31.5 Å². The average Bonchev–Trinajstić information content (AvgIpc) is 3.42. The van der Waals surface area contributed by atoms with Gasteiger partial charge in [-0.3, -0.25) is 14.5 Å². The van der Waals surface area contributed by atoms with E-state index < -0.39 is 24.1 Å². The summed E-state index contributed by atoms with van der Waals surface area (Å²) in [7, 11) is 1.63. The maximum atomic E-state index is 13.2. The number of anilines is 1. The molecule has 0 saturated carbocycles. The number of epoxide rings is 1. The van der Waals surface area contributed by atoms with Crippen LogP contribution in [0.3, 0.4) is 0 Å². The zero-order chi connectivity index (χ0) is 23.4. The van der Waals surface area contributed by atoms with E-state index >= 15 is 0 Å². The zero-order valence-corrected chi connectivity index (χ0v) is 23.9. The number of ether oxygens (including phenoxy) is 2. The van der Waals surface area contributed by atoms with Crippen molar-refractivity contribution in [3.8, 4) is 11.3 Å². The third kappa shape index (κ3) is 8.78. The number of hydrogen-bond acceptors (Lipinski definition) is 7. The molecule has 1 aliphatic heterocycles. The SMILES string of the molecule is CCOC(=O)[C@H]1O[C@@H]1C(=O)C[C@@H](CC(C)C)C(=O)N(C)c1nc(-c2ccc(F)cc2)cs1.S.S.S. The van der Waals surface area contributed by atoms with E-state index in [4.69, 9.17) is 9.47 Å². The number of hydrogen-bond donors (Lipinski definition) is 0. The lowest BCUT2D eigenvalue weighted by atomic mass is 9.90. The Morgan fingerprint density at radius 2 is 1.77 bits per heavy atom. The molecule has 1 amide bonds. The van der Waals surface area contributed by atoms with Crippen LogP contribution in [0.5, 0.6) is 0 Å². The number of carbonyl (C=O) groups excluding carboxylic acids is 3. The van der Waals surface area contributed by atoms with Crippen LogP contribution in [0.25, 0.3) is 11.3 Å². The predicted octanol–water partition coefficient (Wildman–Crippen LogP) is 4.20. The Labute approximate surface area is 230 Å². The van der Waals surface area contributed by atoms with Gasteiger partial charge in [-0.15, -0.1) is 11.3 Å². The molecule has 2 aromatic rings. The van der Waals surface area contributed by atoms with Gasteiger partial charge in [0.15, 0.2) is 23.1 Å². The number of rotatable bonds is 10. The molecule has 0 spiro atoms. The highest BCUT2D eigenvalue weighted by atomic mass is 32.1. The summed E-state index contributed by atoms with van der Waals surface area (Å²) >= 11 is 1.30.